The molecule has 0 spiro atoms. The number of carbonyl (C=O) groups excluding carboxylic acids is 1. The molecular weight excluding hydrogens is 330 g/mol. The molecule has 0 unspecified atom stereocenters. The standard InChI is InChI=1S/C21H25NO4/c1-13-5-7-18(11-14(13)2)26-16(4)21(23)22-15(3)17-6-8-19-20(12-17)25-10-9-24-19/h5-8,11-12,15-16H,9-10H2,1-4H3,(H,22,23)/t15-,16-/m0/s1. The monoisotopic (exact) mass is 355 g/mol. The maximum Gasteiger partial charge on any atom is 0.261 e. The van der Waals surface area contributed by atoms with E-state index in [9.17, 15) is 4.79 Å². The summed E-state index contributed by atoms with van der Waals surface area (Å²) in [6, 6.07) is 11.4. The summed E-state index contributed by atoms with van der Waals surface area (Å²) < 4.78 is 16.9. The molecule has 3 rings (SSSR count). The Morgan fingerprint density at radius 3 is 2.46 bits per heavy atom. The van der Waals surface area contributed by atoms with Crippen LogP contribution < -0.4 is 19.5 Å². The summed E-state index contributed by atoms with van der Waals surface area (Å²) >= 11 is 0. The molecule has 2 aromatic carbocycles. The molecule has 138 valence electrons. The van der Waals surface area contributed by atoms with Crippen molar-refractivity contribution in [3.8, 4) is 17.2 Å². The molecule has 1 aliphatic heterocycles. The number of nitrogens with one attached hydrogen (secondary N) is 1. The summed E-state index contributed by atoms with van der Waals surface area (Å²) in [5, 5.41) is 2.99. The first-order valence-corrected chi connectivity index (χ1v) is 8.88. The minimum Gasteiger partial charge on any atom is -0.486 e. The second-order valence-corrected chi connectivity index (χ2v) is 6.64. The smallest absolute Gasteiger partial charge is 0.261 e. The number of hydrogen-bond donors (Lipinski definition) is 1. The summed E-state index contributed by atoms with van der Waals surface area (Å²) in [6.45, 7) is 8.86. The fourth-order valence-corrected chi connectivity index (χ4v) is 2.79. The molecular formula is C21H25NO4. The molecule has 0 saturated heterocycles. The topological polar surface area (TPSA) is 56.8 Å². The van der Waals surface area contributed by atoms with Crippen molar-refractivity contribution in [2.24, 2.45) is 0 Å². The van der Waals surface area contributed by atoms with E-state index in [0.29, 0.717) is 24.7 Å². The van der Waals surface area contributed by atoms with Crippen LogP contribution in [0.5, 0.6) is 17.2 Å². The van der Waals surface area contributed by atoms with Crippen LogP contribution in [0, 0.1) is 13.8 Å². The quantitative estimate of drug-likeness (QED) is 0.888. The molecule has 0 fully saturated rings. The van der Waals surface area contributed by atoms with Crippen LogP contribution in [0.1, 0.15) is 36.6 Å². The molecule has 0 aliphatic carbocycles. The molecule has 1 aliphatic rings. The number of rotatable bonds is 5. The van der Waals surface area contributed by atoms with Gasteiger partial charge in [-0.15, -0.1) is 0 Å². The molecule has 26 heavy (non-hydrogen) atoms. The number of benzene rings is 2. The molecule has 2 atom stereocenters. The molecule has 1 heterocycles. The van der Waals surface area contributed by atoms with Gasteiger partial charge in [0.15, 0.2) is 17.6 Å². The molecule has 5 nitrogen and oxygen atoms in total. The minimum atomic E-state index is -0.586. The number of carbonyl (C=O) groups is 1. The van der Waals surface area contributed by atoms with Crippen molar-refractivity contribution in [1.82, 2.24) is 5.32 Å². The van der Waals surface area contributed by atoms with Crippen molar-refractivity contribution in [3.63, 3.8) is 0 Å². The highest BCUT2D eigenvalue weighted by atomic mass is 16.6. The van der Waals surface area contributed by atoms with Crippen molar-refractivity contribution < 1.29 is 19.0 Å². The first kappa shape index (κ1) is 18.1. The third-order valence-electron chi connectivity index (χ3n) is 4.59. The van der Waals surface area contributed by atoms with Crippen molar-refractivity contribution in [2.45, 2.75) is 39.8 Å². The van der Waals surface area contributed by atoms with Crippen molar-refractivity contribution in [2.75, 3.05) is 13.2 Å². The Morgan fingerprint density at radius 2 is 1.73 bits per heavy atom. The van der Waals surface area contributed by atoms with E-state index in [1.54, 1.807) is 6.92 Å². The van der Waals surface area contributed by atoms with Crippen LogP contribution in [0.15, 0.2) is 36.4 Å². The highest BCUT2D eigenvalue weighted by molar-refractivity contribution is 5.81. The van der Waals surface area contributed by atoms with E-state index >= 15 is 0 Å². The minimum absolute atomic E-state index is 0.161. The maximum atomic E-state index is 12.5. The van der Waals surface area contributed by atoms with Gasteiger partial charge >= 0.3 is 0 Å². The molecule has 0 saturated carbocycles. The Balaban J connectivity index is 1.62. The van der Waals surface area contributed by atoms with Crippen molar-refractivity contribution >= 4 is 5.91 Å². The van der Waals surface area contributed by atoms with Gasteiger partial charge < -0.3 is 19.5 Å². The number of ether oxygens (including phenoxy) is 3. The van der Waals surface area contributed by atoms with E-state index < -0.39 is 6.10 Å². The van der Waals surface area contributed by atoms with Crippen LogP contribution in [-0.2, 0) is 4.79 Å². The van der Waals surface area contributed by atoms with Gasteiger partial charge in [-0.25, -0.2) is 0 Å². The van der Waals surface area contributed by atoms with Gasteiger partial charge in [0, 0.05) is 0 Å². The maximum absolute atomic E-state index is 12.5. The van der Waals surface area contributed by atoms with Crippen LogP contribution in [0.2, 0.25) is 0 Å². The Labute approximate surface area is 154 Å². The Hall–Kier alpha value is -2.69. The summed E-state index contributed by atoms with van der Waals surface area (Å²) in [6.07, 6.45) is -0.586. The average molecular weight is 355 g/mol. The predicted octanol–water partition coefficient (Wildman–Crippen LogP) is 3.72. The van der Waals surface area contributed by atoms with Crippen molar-refractivity contribution in [3.05, 3.63) is 53.1 Å². The van der Waals surface area contributed by atoms with Crippen LogP contribution >= 0.6 is 0 Å². The zero-order valence-electron chi connectivity index (χ0n) is 15.7. The number of aryl methyl sites for hydroxylation is 2. The largest absolute Gasteiger partial charge is 0.486 e. The van der Waals surface area contributed by atoms with E-state index in [4.69, 9.17) is 14.2 Å². The zero-order chi connectivity index (χ0) is 18.7. The van der Waals surface area contributed by atoms with Crippen LogP contribution in [-0.4, -0.2) is 25.2 Å². The summed E-state index contributed by atoms with van der Waals surface area (Å²) in [5.41, 5.74) is 3.29. The highest BCUT2D eigenvalue weighted by Gasteiger charge is 2.20. The lowest BCUT2D eigenvalue weighted by Crippen LogP contribution is -2.37. The van der Waals surface area contributed by atoms with Gasteiger partial charge in [0.2, 0.25) is 0 Å². The third kappa shape index (κ3) is 4.10. The fourth-order valence-electron chi connectivity index (χ4n) is 2.79. The molecule has 1 N–H and O–H groups in total. The first-order chi connectivity index (χ1) is 12.4. The number of hydrogen-bond acceptors (Lipinski definition) is 4. The average Bonchev–Trinajstić information content (AvgIpc) is 2.64. The van der Waals surface area contributed by atoms with E-state index in [0.717, 1.165) is 16.9 Å². The molecule has 2 aromatic rings. The van der Waals surface area contributed by atoms with E-state index in [1.165, 1.54) is 5.56 Å². The lowest BCUT2D eigenvalue weighted by atomic mass is 10.1. The lowest BCUT2D eigenvalue weighted by Gasteiger charge is -2.22. The normalized spacial score (nSPS) is 15.1. The second kappa shape index (κ2) is 7.68. The number of amides is 1. The summed E-state index contributed by atoms with van der Waals surface area (Å²) in [4.78, 5) is 12.5. The summed E-state index contributed by atoms with van der Waals surface area (Å²) in [7, 11) is 0. The van der Waals surface area contributed by atoms with Crippen LogP contribution in [0.4, 0.5) is 0 Å². The zero-order valence-corrected chi connectivity index (χ0v) is 15.7. The van der Waals surface area contributed by atoms with Gasteiger partial charge in [-0.05, 0) is 68.7 Å². The predicted molar refractivity (Wildman–Crippen MR) is 100.0 cm³/mol. The second-order valence-electron chi connectivity index (χ2n) is 6.64. The van der Waals surface area contributed by atoms with Crippen molar-refractivity contribution in [1.29, 1.82) is 0 Å². The summed E-state index contributed by atoms with van der Waals surface area (Å²) in [5.74, 6) is 1.99. The van der Waals surface area contributed by atoms with E-state index in [2.05, 4.69) is 5.32 Å². The molecule has 0 aromatic heterocycles. The lowest BCUT2D eigenvalue weighted by molar-refractivity contribution is -0.127. The Kier molecular flexibility index (Phi) is 5.35. The van der Waals surface area contributed by atoms with Gasteiger partial charge in [-0.2, -0.15) is 0 Å². The van der Waals surface area contributed by atoms with Gasteiger partial charge in [0.05, 0.1) is 6.04 Å². The highest BCUT2D eigenvalue weighted by Crippen LogP contribution is 2.32. The molecule has 0 radical (unpaired) electrons. The third-order valence-corrected chi connectivity index (χ3v) is 4.59. The molecule has 0 bridgehead atoms. The first-order valence-electron chi connectivity index (χ1n) is 8.88. The van der Waals surface area contributed by atoms with Crippen LogP contribution in [0.25, 0.3) is 0 Å². The Morgan fingerprint density at radius 1 is 1.00 bits per heavy atom. The SMILES string of the molecule is Cc1ccc(O[C@@H](C)C(=O)N[C@@H](C)c2ccc3c(c2)OCCO3)cc1C. The van der Waals surface area contributed by atoms with Gasteiger partial charge in [-0.1, -0.05) is 12.1 Å². The Bertz CT molecular complexity index is 803. The van der Waals surface area contributed by atoms with Crippen LogP contribution in [0.3, 0.4) is 0 Å². The molecule has 5 heteroatoms. The van der Waals surface area contributed by atoms with Gasteiger partial charge in [0.1, 0.15) is 19.0 Å². The van der Waals surface area contributed by atoms with Gasteiger partial charge in [0.25, 0.3) is 5.91 Å². The van der Waals surface area contributed by atoms with E-state index in [1.807, 2.05) is 57.2 Å². The van der Waals surface area contributed by atoms with Gasteiger partial charge in [-0.3, -0.25) is 4.79 Å². The molecule has 1 amide bonds. The van der Waals surface area contributed by atoms with E-state index in [-0.39, 0.29) is 11.9 Å². The number of fused-ring (bicyclic) bond motifs is 1. The fraction of sp³-hybridized carbons (Fsp3) is 0.381.